The van der Waals surface area contributed by atoms with E-state index in [0.29, 0.717) is 31.5 Å². The highest BCUT2D eigenvalue weighted by Crippen LogP contribution is 2.31. The first kappa shape index (κ1) is 81.5. The van der Waals surface area contributed by atoms with E-state index in [0.717, 1.165) is 83.0 Å². The van der Waals surface area contributed by atoms with E-state index in [4.69, 9.17) is 13.9 Å². The van der Waals surface area contributed by atoms with Crippen LogP contribution in [0.1, 0.15) is 140 Å². The molecule has 0 saturated carbocycles. The molecule has 0 atom stereocenters. The van der Waals surface area contributed by atoms with Crippen molar-refractivity contribution in [3.8, 4) is 11.5 Å². The summed E-state index contributed by atoms with van der Waals surface area (Å²) < 4.78 is 15.7. The highest BCUT2D eigenvalue weighted by molar-refractivity contribution is 7.99. The number of thioether (sulfide) groups is 2. The first-order valence-electron chi connectivity index (χ1n) is 32.9. The Balaban J connectivity index is 0.000000520. The Morgan fingerprint density at radius 3 is 1.52 bits per heavy atom. The van der Waals surface area contributed by atoms with Crippen LogP contribution in [0.15, 0.2) is 218 Å². The number of aromatic amines is 1. The van der Waals surface area contributed by atoms with Gasteiger partial charge >= 0.3 is 5.63 Å². The average molecular weight is 1290 g/mol. The van der Waals surface area contributed by atoms with Gasteiger partial charge in [0.2, 0.25) is 23.3 Å². The third kappa shape index (κ3) is 31.0. The summed E-state index contributed by atoms with van der Waals surface area (Å²) in [6.07, 6.45) is 5.99. The number of carbonyl (C=O) groups excluding carboxylic acids is 3. The molecule has 496 valence electrons. The fraction of sp³-hybridized carbons (Fsp3) is 0.338. The van der Waals surface area contributed by atoms with Gasteiger partial charge in [-0.2, -0.15) is 0 Å². The summed E-state index contributed by atoms with van der Waals surface area (Å²) in [5.41, 5.74) is 7.77. The number of nitrogens with one attached hydrogen (secondary N) is 5. The van der Waals surface area contributed by atoms with E-state index in [9.17, 15) is 24.0 Å². The molecule has 14 rings (SSSR count). The highest BCUT2D eigenvalue weighted by Gasteiger charge is 2.14. The summed E-state index contributed by atoms with van der Waals surface area (Å²) in [4.78, 5) is 60.1. The fourth-order valence-electron chi connectivity index (χ4n) is 8.33. The van der Waals surface area contributed by atoms with Crippen molar-refractivity contribution in [2.45, 2.75) is 152 Å². The first-order valence-corrected chi connectivity index (χ1v) is 34.9. The Kier molecular flexibility index (Phi) is 46.2. The van der Waals surface area contributed by atoms with E-state index in [1.165, 1.54) is 50.9 Å². The number of benzene rings is 7. The van der Waals surface area contributed by atoms with Crippen LogP contribution < -0.4 is 41.9 Å². The quantitative estimate of drug-likeness (QED) is 0.0912. The van der Waals surface area contributed by atoms with Gasteiger partial charge in [0, 0.05) is 75.1 Å². The monoisotopic (exact) mass is 1290 g/mol. The summed E-state index contributed by atoms with van der Waals surface area (Å²) in [6, 6.07) is 61.6. The Hall–Kier alpha value is -8.53. The van der Waals surface area contributed by atoms with Crippen molar-refractivity contribution in [1.29, 1.82) is 0 Å². The van der Waals surface area contributed by atoms with E-state index in [1.54, 1.807) is 23.9 Å². The van der Waals surface area contributed by atoms with E-state index < -0.39 is 0 Å². The minimum Gasteiger partial charge on any atom is -0.493 e. The first-order chi connectivity index (χ1) is 45.2. The summed E-state index contributed by atoms with van der Waals surface area (Å²) in [5.74, 6) is 4.17. The minimum absolute atomic E-state index is 0.0138. The number of amides is 3. The number of aromatic nitrogens is 1. The molecule has 15 heteroatoms. The SMILES string of the molecule is CC.CC.CC.CC.CC.CC.CC.O=C1CCCc2ccccc2N1.O=C1CCOc2ccccc2N1.O=C1CCSc2ccccc2N1.O=c1ccc2ccccc2[nH]1.O=c1ccc2ccccc2o1.c1ccc2c(c1)CCCO2.c1ccc2c(c1)NCCS2. The van der Waals surface area contributed by atoms with Crippen molar-refractivity contribution in [3.05, 3.63) is 226 Å². The lowest BCUT2D eigenvalue weighted by Gasteiger charge is -2.16. The largest absolute Gasteiger partial charge is 0.493 e. The standard InChI is InChI=1S/C10H11NO.C9H9NO2.C9H9NOS.C9H7NO.C9H6O2.C9H10O.C8H9NS.7C2H6/c12-10-7-3-5-8-4-1-2-6-9(8)11-10;2*11-9-5-6-12-8-4-2-1-3-7(8)10-9;11-9-6-5-7-3-1-2-4-8(7)10-9;10-9-6-5-7-3-1-2-4-8(7)11-9;1-2-6-9-8(4-1)5-3-7-10-9;1-2-4-8-7(3-1)9-5-6-10-8;7*1-2/h1-2,4,6H,3,5,7H2,(H,11,12);2*1-4H,5-6H2,(H,10,11);1-6H,(H,10,11);1-6H;1-2,4,6H,3,5,7H2;1-4,9H,5-6H2;7*1-2H3. The average Bonchev–Trinajstić information content (AvgIpc) is 2.56. The summed E-state index contributed by atoms with van der Waals surface area (Å²) in [6.45, 7) is 30.4. The number of pyridine rings is 1. The fourth-order valence-corrected chi connectivity index (χ4v) is 10.2. The Bertz CT molecular complexity index is 3210. The molecule has 5 N–H and O–H groups in total. The van der Waals surface area contributed by atoms with Crippen LogP contribution in [0.5, 0.6) is 11.5 Å². The van der Waals surface area contributed by atoms with E-state index in [-0.39, 0.29) is 28.9 Å². The second-order valence-corrected chi connectivity index (χ2v) is 20.2. The molecule has 9 aromatic rings. The lowest BCUT2D eigenvalue weighted by atomic mass is 10.1. The van der Waals surface area contributed by atoms with Gasteiger partial charge in [0.05, 0.1) is 31.0 Å². The summed E-state index contributed by atoms with van der Waals surface area (Å²) >= 11 is 3.66. The van der Waals surface area contributed by atoms with Crippen LogP contribution in [0, 0.1) is 0 Å². The van der Waals surface area contributed by atoms with Crippen LogP contribution in [0.3, 0.4) is 0 Å². The molecule has 5 aliphatic rings. The Morgan fingerprint density at radius 1 is 0.359 bits per heavy atom. The third-order valence-corrected chi connectivity index (χ3v) is 14.3. The molecule has 0 unspecified atom stereocenters. The molecule has 0 aliphatic carbocycles. The van der Waals surface area contributed by atoms with Crippen LogP contribution in [-0.4, -0.2) is 54.0 Å². The number of fused-ring (bicyclic) bond motifs is 7. The maximum Gasteiger partial charge on any atom is 0.336 e. The number of carbonyl (C=O) groups is 3. The van der Waals surface area contributed by atoms with Gasteiger partial charge in [0.25, 0.3) is 0 Å². The molecule has 5 aliphatic heterocycles. The molecule has 13 nitrogen and oxygen atoms in total. The van der Waals surface area contributed by atoms with Crippen molar-refractivity contribution in [3.63, 3.8) is 0 Å². The van der Waals surface area contributed by atoms with Gasteiger partial charge in [-0.3, -0.25) is 19.2 Å². The number of rotatable bonds is 0. The van der Waals surface area contributed by atoms with Crippen molar-refractivity contribution in [2.24, 2.45) is 0 Å². The van der Waals surface area contributed by atoms with Crippen molar-refractivity contribution < 1.29 is 28.3 Å². The van der Waals surface area contributed by atoms with Gasteiger partial charge in [-0.1, -0.05) is 206 Å². The number of anilines is 4. The molecule has 0 saturated heterocycles. The third-order valence-electron chi connectivity index (χ3n) is 12.2. The van der Waals surface area contributed by atoms with Gasteiger partial charge in [-0.25, -0.2) is 4.79 Å². The molecule has 7 aromatic carbocycles. The second-order valence-electron chi connectivity index (χ2n) is 17.9. The number of ether oxygens (including phenoxy) is 2. The molecule has 0 fully saturated rings. The smallest absolute Gasteiger partial charge is 0.336 e. The van der Waals surface area contributed by atoms with Gasteiger partial charge in [-0.15, -0.1) is 23.5 Å². The number of H-pyrrole nitrogens is 1. The molecule has 7 heterocycles. The normalized spacial score (nSPS) is 12.5. The predicted molar refractivity (Wildman–Crippen MR) is 396 cm³/mol. The topological polar surface area (TPSA) is 181 Å². The van der Waals surface area contributed by atoms with Crippen LogP contribution in [-0.2, 0) is 27.2 Å². The zero-order valence-corrected chi connectivity index (χ0v) is 58.7. The van der Waals surface area contributed by atoms with Gasteiger partial charge in [-0.05, 0) is 115 Å². The maximum absolute atomic E-state index is 11.1. The van der Waals surface area contributed by atoms with Crippen LogP contribution in [0.2, 0.25) is 0 Å². The van der Waals surface area contributed by atoms with Gasteiger partial charge in [0.1, 0.15) is 17.1 Å². The zero-order chi connectivity index (χ0) is 68.2. The van der Waals surface area contributed by atoms with E-state index in [1.807, 2.05) is 236 Å². The van der Waals surface area contributed by atoms with Crippen molar-refractivity contribution >= 4 is 85.9 Å². The number of hydrogen-bond acceptors (Lipinski definition) is 11. The zero-order valence-electron chi connectivity index (χ0n) is 57.0. The molecule has 2 aromatic heterocycles. The maximum atomic E-state index is 11.1. The lowest BCUT2D eigenvalue weighted by Crippen LogP contribution is -2.10. The van der Waals surface area contributed by atoms with Gasteiger partial charge in [0.15, 0.2) is 0 Å². The molecule has 3 amide bonds. The second kappa shape index (κ2) is 52.1. The van der Waals surface area contributed by atoms with Gasteiger partial charge < -0.3 is 40.1 Å². The lowest BCUT2D eigenvalue weighted by molar-refractivity contribution is -0.117. The van der Waals surface area contributed by atoms with Crippen LogP contribution in [0.25, 0.3) is 21.9 Å². The molecule has 0 spiro atoms. The molecule has 0 radical (unpaired) electrons. The van der Waals surface area contributed by atoms with Crippen molar-refractivity contribution in [2.75, 3.05) is 52.5 Å². The number of hydrogen-bond donors (Lipinski definition) is 5. The Morgan fingerprint density at radius 2 is 0.837 bits per heavy atom. The van der Waals surface area contributed by atoms with Crippen LogP contribution >= 0.6 is 23.5 Å². The summed E-state index contributed by atoms with van der Waals surface area (Å²) in [7, 11) is 0. The molecular formula is C77H103N5O8S2. The number of para-hydroxylation sites is 8. The van der Waals surface area contributed by atoms with E-state index >= 15 is 0 Å². The molecule has 0 bridgehead atoms. The predicted octanol–water partition coefficient (Wildman–Crippen LogP) is 20.2. The van der Waals surface area contributed by atoms with Crippen LogP contribution in [0.4, 0.5) is 22.7 Å². The minimum atomic E-state index is -0.302. The number of aryl methyl sites for hydroxylation is 2. The summed E-state index contributed by atoms with van der Waals surface area (Å²) in [5, 5.41) is 13.9. The molecule has 92 heavy (non-hydrogen) atoms. The highest BCUT2D eigenvalue weighted by atomic mass is 32.2. The van der Waals surface area contributed by atoms with E-state index in [2.05, 4.69) is 68.7 Å². The molecular weight excluding hydrogens is 1190 g/mol. The Labute approximate surface area is 557 Å². The van der Waals surface area contributed by atoms with Crippen molar-refractivity contribution in [1.82, 2.24) is 4.98 Å².